The smallest absolute Gasteiger partial charge is 0.306 e. The highest BCUT2D eigenvalue weighted by atomic mass is 16.5. The maximum atomic E-state index is 10.9. The number of ether oxygens (including phenoxy) is 1. The SMILES string of the molecule is COc1cccc(C)c1C(C)CC1CC1C(=O)O. The lowest BCUT2D eigenvalue weighted by Gasteiger charge is -2.18. The molecular weight excluding hydrogens is 228 g/mol. The van der Waals surface area contributed by atoms with Gasteiger partial charge in [0.1, 0.15) is 5.75 Å². The van der Waals surface area contributed by atoms with E-state index in [0.717, 1.165) is 18.6 Å². The fourth-order valence-electron chi connectivity index (χ4n) is 2.85. The second-order valence-corrected chi connectivity index (χ2v) is 5.27. The summed E-state index contributed by atoms with van der Waals surface area (Å²) in [5.41, 5.74) is 2.44. The Morgan fingerprint density at radius 3 is 2.83 bits per heavy atom. The van der Waals surface area contributed by atoms with Gasteiger partial charge in [0, 0.05) is 0 Å². The summed E-state index contributed by atoms with van der Waals surface area (Å²) in [6.07, 6.45) is 1.76. The summed E-state index contributed by atoms with van der Waals surface area (Å²) in [6, 6.07) is 6.04. The molecule has 1 aromatic rings. The van der Waals surface area contributed by atoms with Gasteiger partial charge in [0.25, 0.3) is 0 Å². The van der Waals surface area contributed by atoms with Crippen LogP contribution in [-0.2, 0) is 4.79 Å². The molecule has 0 bridgehead atoms. The summed E-state index contributed by atoms with van der Waals surface area (Å²) in [4.78, 5) is 10.9. The Balaban J connectivity index is 2.10. The van der Waals surface area contributed by atoms with Gasteiger partial charge in [0.15, 0.2) is 0 Å². The van der Waals surface area contributed by atoms with Crippen LogP contribution < -0.4 is 4.74 Å². The lowest BCUT2D eigenvalue weighted by molar-refractivity contribution is -0.138. The predicted molar refractivity (Wildman–Crippen MR) is 70.0 cm³/mol. The molecular formula is C15H20O3. The number of aliphatic carboxylic acids is 1. The van der Waals surface area contributed by atoms with Crippen LogP contribution in [0.15, 0.2) is 18.2 Å². The third kappa shape index (κ3) is 2.50. The van der Waals surface area contributed by atoms with Crippen LogP contribution in [0.3, 0.4) is 0 Å². The van der Waals surface area contributed by atoms with Gasteiger partial charge in [0.2, 0.25) is 0 Å². The second kappa shape index (κ2) is 5.01. The summed E-state index contributed by atoms with van der Waals surface area (Å²) in [5.74, 6) is 0.818. The van der Waals surface area contributed by atoms with E-state index < -0.39 is 5.97 Å². The van der Waals surface area contributed by atoms with E-state index >= 15 is 0 Å². The zero-order valence-corrected chi connectivity index (χ0v) is 11.1. The Morgan fingerprint density at radius 1 is 1.56 bits per heavy atom. The second-order valence-electron chi connectivity index (χ2n) is 5.27. The lowest BCUT2D eigenvalue weighted by atomic mass is 9.90. The van der Waals surface area contributed by atoms with Crippen molar-refractivity contribution in [2.75, 3.05) is 7.11 Å². The van der Waals surface area contributed by atoms with E-state index in [1.54, 1.807) is 7.11 Å². The highest BCUT2D eigenvalue weighted by Gasteiger charge is 2.43. The highest BCUT2D eigenvalue weighted by Crippen LogP contribution is 2.46. The van der Waals surface area contributed by atoms with E-state index in [-0.39, 0.29) is 5.92 Å². The van der Waals surface area contributed by atoms with Crippen LogP contribution in [0.1, 0.15) is 36.8 Å². The highest BCUT2D eigenvalue weighted by molar-refractivity contribution is 5.73. The van der Waals surface area contributed by atoms with Crippen molar-refractivity contribution < 1.29 is 14.6 Å². The molecule has 1 fully saturated rings. The Kier molecular flexibility index (Phi) is 3.60. The largest absolute Gasteiger partial charge is 0.496 e. The minimum absolute atomic E-state index is 0.123. The Bertz CT molecular complexity index is 453. The third-order valence-corrected chi connectivity index (χ3v) is 3.89. The first-order valence-electron chi connectivity index (χ1n) is 6.41. The first kappa shape index (κ1) is 12.9. The van der Waals surface area contributed by atoms with Crippen LogP contribution in [0, 0.1) is 18.8 Å². The number of hydrogen-bond acceptors (Lipinski definition) is 2. The number of hydrogen-bond donors (Lipinski definition) is 1. The van der Waals surface area contributed by atoms with Crippen molar-refractivity contribution in [2.24, 2.45) is 11.8 Å². The number of carboxylic acid groups (broad SMARTS) is 1. The number of rotatable bonds is 5. The predicted octanol–water partition coefficient (Wildman–Crippen LogP) is 3.22. The minimum Gasteiger partial charge on any atom is -0.496 e. The number of benzene rings is 1. The number of carbonyl (C=O) groups is 1. The van der Waals surface area contributed by atoms with Crippen LogP contribution in [0.5, 0.6) is 5.75 Å². The van der Waals surface area contributed by atoms with E-state index in [1.807, 2.05) is 12.1 Å². The van der Waals surface area contributed by atoms with Gasteiger partial charge in [-0.3, -0.25) is 4.79 Å². The average molecular weight is 248 g/mol. The Morgan fingerprint density at radius 2 is 2.28 bits per heavy atom. The average Bonchev–Trinajstić information content (AvgIpc) is 3.07. The standard InChI is InChI=1S/C15H20O3/c1-9-5-4-6-13(18-3)14(9)10(2)7-11-8-12(11)15(16)17/h4-6,10-12H,7-8H2,1-3H3,(H,16,17). The molecule has 18 heavy (non-hydrogen) atoms. The van der Waals surface area contributed by atoms with Crippen molar-refractivity contribution in [1.82, 2.24) is 0 Å². The van der Waals surface area contributed by atoms with E-state index in [1.165, 1.54) is 11.1 Å². The van der Waals surface area contributed by atoms with Crippen molar-refractivity contribution in [1.29, 1.82) is 0 Å². The number of aryl methyl sites for hydroxylation is 1. The summed E-state index contributed by atoms with van der Waals surface area (Å²) in [5, 5.41) is 8.94. The van der Waals surface area contributed by atoms with Crippen LogP contribution >= 0.6 is 0 Å². The van der Waals surface area contributed by atoms with E-state index in [2.05, 4.69) is 19.9 Å². The molecule has 3 atom stereocenters. The maximum absolute atomic E-state index is 10.9. The molecule has 3 nitrogen and oxygen atoms in total. The van der Waals surface area contributed by atoms with E-state index in [0.29, 0.717) is 11.8 Å². The lowest BCUT2D eigenvalue weighted by Crippen LogP contribution is -2.04. The van der Waals surface area contributed by atoms with Crippen molar-refractivity contribution in [3.63, 3.8) is 0 Å². The molecule has 3 heteroatoms. The van der Waals surface area contributed by atoms with Crippen molar-refractivity contribution in [2.45, 2.75) is 32.6 Å². The molecule has 0 radical (unpaired) electrons. The first-order valence-corrected chi connectivity index (χ1v) is 6.41. The summed E-state index contributed by atoms with van der Waals surface area (Å²) >= 11 is 0. The van der Waals surface area contributed by atoms with Gasteiger partial charge < -0.3 is 9.84 Å². The fourth-order valence-corrected chi connectivity index (χ4v) is 2.85. The molecule has 1 aliphatic rings. The molecule has 1 aromatic carbocycles. The zero-order chi connectivity index (χ0) is 13.3. The molecule has 0 amide bonds. The minimum atomic E-state index is -0.649. The molecule has 2 rings (SSSR count). The summed E-state index contributed by atoms with van der Waals surface area (Å²) in [6.45, 7) is 4.23. The van der Waals surface area contributed by atoms with Crippen molar-refractivity contribution >= 4 is 5.97 Å². The van der Waals surface area contributed by atoms with Gasteiger partial charge in [-0.05, 0) is 48.8 Å². The van der Waals surface area contributed by atoms with Crippen LogP contribution in [0.2, 0.25) is 0 Å². The maximum Gasteiger partial charge on any atom is 0.306 e. The molecule has 0 saturated heterocycles. The van der Waals surface area contributed by atoms with E-state index in [9.17, 15) is 4.79 Å². The topological polar surface area (TPSA) is 46.5 Å². The number of carboxylic acids is 1. The van der Waals surface area contributed by atoms with Gasteiger partial charge >= 0.3 is 5.97 Å². The summed E-state index contributed by atoms with van der Waals surface area (Å²) in [7, 11) is 1.68. The Hall–Kier alpha value is -1.51. The molecule has 0 aromatic heterocycles. The number of methoxy groups -OCH3 is 1. The third-order valence-electron chi connectivity index (χ3n) is 3.89. The quantitative estimate of drug-likeness (QED) is 0.870. The molecule has 0 heterocycles. The molecule has 98 valence electrons. The van der Waals surface area contributed by atoms with Crippen molar-refractivity contribution in [3.8, 4) is 5.75 Å². The van der Waals surface area contributed by atoms with Gasteiger partial charge in [-0.2, -0.15) is 0 Å². The molecule has 1 N–H and O–H groups in total. The van der Waals surface area contributed by atoms with Crippen LogP contribution in [0.4, 0.5) is 0 Å². The first-order chi connectivity index (χ1) is 8.54. The van der Waals surface area contributed by atoms with Crippen LogP contribution in [-0.4, -0.2) is 18.2 Å². The molecule has 1 aliphatic carbocycles. The Labute approximate surface area is 108 Å². The fraction of sp³-hybridized carbons (Fsp3) is 0.533. The van der Waals surface area contributed by atoms with Gasteiger partial charge in [0.05, 0.1) is 13.0 Å². The molecule has 3 unspecified atom stereocenters. The zero-order valence-electron chi connectivity index (χ0n) is 11.1. The van der Waals surface area contributed by atoms with Crippen LogP contribution in [0.25, 0.3) is 0 Å². The summed E-state index contributed by atoms with van der Waals surface area (Å²) < 4.78 is 5.41. The van der Waals surface area contributed by atoms with Crippen molar-refractivity contribution in [3.05, 3.63) is 29.3 Å². The van der Waals surface area contributed by atoms with Gasteiger partial charge in [-0.15, -0.1) is 0 Å². The van der Waals surface area contributed by atoms with Gasteiger partial charge in [-0.1, -0.05) is 19.1 Å². The monoisotopic (exact) mass is 248 g/mol. The molecule has 0 spiro atoms. The molecule has 0 aliphatic heterocycles. The normalized spacial score (nSPS) is 23.5. The molecule has 1 saturated carbocycles. The van der Waals surface area contributed by atoms with E-state index in [4.69, 9.17) is 9.84 Å². The van der Waals surface area contributed by atoms with Gasteiger partial charge in [-0.25, -0.2) is 0 Å².